The van der Waals surface area contributed by atoms with Gasteiger partial charge in [-0.3, -0.25) is 4.68 Å². The van der Waals surface area contributed by atoms with E-state index in [0.717, 1.165) is 18.7 Å². The third-order valence-corrected chi connectivity index (χ3v) is 3.84. The Labute approximate surface area is 125 Å². The van der Waals surface area contributed by atoms with Crippen LogP contribution in [0.15, 0.2) is 42.7 Å². The Hall–Kier alpha value is -2.07. The van der Waals surface area contributed by atoms with Crippen LogP contribution in [0.25, 0.3) is 10.9 Å². The molecular formula is C17H22N4. The van der Waals surface area contributed by atoms with Crippen LogP contribution >= 0.6 is 0 Å². The van der Waals surface area contributed by atoms with Crippen molar-refractivity contribution in [2.75, 3.05) is 6.54 Å². The molecule has 0 bridgehead atoms. The summed E-state index contributed by atoms with van der Waals surface area (Å²) in [7, 11) is 0. The van der Waals surface area contributed by atoms with E-state index in [0.29, 0.717) is 12.6 Å². The molecule has 2 heterocycles. The molecule has 4 nitrogen and oxygen atoms in total. The van der Waals surface area contributed by atoms with Gasteiger partial charge in [-0.05, 0) is 50.6 Å². The van der Waals surface area contributed by atoms with Gasteiger partial charge in [-0.1, -0.05) is 12.1 Å². The summed E-state index contributed by atoms with van der Waals surface area (Å²) in [4.78, 5) is 0. The first-order chi connectivity index (χ1) is 10.2. The zero-order chi connectivity index (χ0) is 14.8. The summed E-state index contributed by atoms with van der Waals surface area (Å²) in [5, 5.41) is 5.92. The van der Waals surface area contributed by atoms with Crippen molar-refractivity contribution in [1.82, 2.24) is 14.3 Å². The fraction of sp³-hybridized carbons (Fsp3) is 0.353. The summed E-state index contributed by atoms with van der Waals surface area (Å²) >= 11 is 0. The van der Waals surface area contributed by atoms with Crippen molar-refractivity contribution in [2.24, 2.45) is 5.73 Å². The smallest absolute Gasteiger partial charge is 0.0821 e. The molecule has 0 radical (unpaired) electrons. The molecule has 3 aromatic rings. The molecule has 2 N–H and O–H groups in total. The monoisotopic (exact) mass is 282 g/mol. The SMILES string of the molecule is CC(C)n1ccc(Cn2ccc3c(CCN)cccc32)n1. The lowest BCUT2D eigenvalue weighted by Crippen LogP contribution is -2.04. The van der Waals surface area contributed by atoms with E-state index in [1.807, 2.05) is 10.9 Å². The highest BCUT2D eigenvalue weighted by molar-refractivity contribution is 5.83. The van der Waals surface area contributed by atoms with Crippen LogP contribution in [-0.4, -0.2) is 20.9 Å². The molecule has 0 saturated carbocycles. The Morgan fingerprint density at radius 3 is 2.71 bits per heavy atom. The van der Waals surface area contributed by atoms with Gasteiger partial charge < -0.3 is 10.3 Å². The molecule has 0 aliphatic heterocycles. The molecule has 0 amide bonds. The summed E-state index contributed by atoms with van der Waals surface area (Å²) in [6.45, 7) is 5.76. The van der Waals surface area contributed by atoms with Crippen LogP contribution in [0.2, 0.25) is 0 Å². The molecule has 2 aromatic heterocycles. The number of nitrogens with zero attached hydrogens (tertiary/aromatic N) is 3. The highest BCUT2D eigenvalue weighted by Gasteiger charge is 2.07. The topological polar surface area (TPSA) is 48.8 Å². The van der Waals surface area contributed by atoms with Gasteiger partial charge in [-0.15, -0.1) is 0 Å². The van der Waals surface area contributed by atoms with Gasteiger partial charge in [0.25, 0.3) is 0 Å². The van der Waals surface area contributed by atoms with Crippen molar-refractivity contribution < 1.29 is 0 Å². The minimum Gasteiger partial charge on any atom is -0.341 e. The number of nitrogens with two attached hydrogens (primary N) is 1. The second-order valence-corrected chi connectivity index (χ2v) is 5.71. The predicted molar refractivity (Wildman–Crippen MR) is 86.4 cm³/mol. The van der Waals surface area contributed by atoms with Crippen LogP contribution in [0.5, 0.6) is 0 Å². The fourth-order valence-electron chi connectivity index (χ4n) is 2.72. The first-order valence-corrected chi connectivity index (χ1v) is 7.50. The molecule has 3 rings (SSSR count). The van der Waals surface area contributed by atoms with Gasteiger partial charge in [0.05, 0.1) is 12.2 Å². The van der Waals surface area contributed by atoms with E-state index in [2.05, 4.69) is 60.0 Å². The number of hydrogen-bond donors (Lipinski definition) is 1. The molecule has 21 heavy (non-hydrogen) atoms. The number of benzene rings is 1. The van der Waals surface area contributed by atoms with E-state index in [9.17, 15) is 0 Å². The van der Waals surface area contributed by atoms with Crippen LogP contribution in [0, 0.1) is 0 Å². The summed E-state index contributed by atoms with van der Waals surface area (Å²) in [6.07, 6.45) is 5.11. The lowest BCUT2D eigenvalue weighted by atomic mass is 10.1. The van der Waals surface area contributed by atoms with Crippen molar-refractivity contribution in [3.63, 3.8) is 0 Å². The van der Waals surface area contributed by atoms with Gasteiger partial charge >= 0.3 is 0 Å². The van der Waals surface area contributed by atoms with Crippen molar-refractivity contribution >= 4 is 10.9 Å². The average Bonchev–Trinajstić information content (AvgIpc) is 3.08. The molecule has 4 heteroatoms. The molecule has 0 aliphatic rings. The predicted octanol–water partition coefficient (Wildman–Crippen LogP) is 2.97. The molecule has 0 unspecified atom stereocenters. The van der Waals surface area contributed by atoms with E-state index >= 15 is 0 Å². The standard InChI is InChI=1S/C17H22N4/c1-13(2)21-11-7-15(19-21)12-20-10-8-16-14(6-9-18)4-3-5-17(16)20/h3-5,7-8,10-11,13H,6,9,12,18H2,1-2H3. The van der Waals surface area contributed by atoms with E-state index < -0.39 is 0 Å². The minimum atomic E-state index is 0.399. The van der Waals surface area contributed by atoms with Crippen LogP contribution in [0.3, 0.4) is 0 Å². The molecule has 110 valence electrons. The van der Waals surface area contributed by atoms with Crippen molar-refractivity contribution in [2.45, 2.75) is 32.9 Å². The highest BCUT2D eigenvalue weighted by Crippen LogP contribution is 2.21. The third-order valence-electron chi connectivity index (χ3n) is 3.84. The maximum absolute atomic E-state index is 5.69. The van der Waals surface area contributed by atoms with Crippen LogP contribution < -0.4 is 5.73 Å². The van der Waals surface area contributed by atoms with Gasteiger partial charge in [0.2, 0.25) is 0 Å². The minimum absolute atomic E-state index is 0.399. The summed E-state index contributed by atoms with van der Waals surface area (Å²) < 4.78 is 4.25. The molecular weight excluding hydrogens is 260 g/mol. The summed E-state index contributed by atoms with van der Waals surface area (Å²) in [5.74, 6) is 0. The van der Waals surface area contributed by atoms with Gasteiger partial charge in [-0.2, -0.15) is 5.10 Å². The van der Waals surface area contributed by atoms with Gasteiger partial charge in [0.15, 0.2) is 0 Å². The number of aromatic nitrogens is 3. The normalized spacial score (nSPS) is 11.6. The van der Waals surface area contributed by atoms with Crippen LogP contribution in [0.1, 0.15) is 31.1 Å². The third kappa shape index (κ3) is 2.72. The van der Waals surface area contributed by atoms with Crippen LogP contribution in [0.4, 0.5) is 0 Å². The average molecular weight is 282 g/mol. The first-order valence-electron chi connectivity index (χ1n) is 7.50. The van der Waals surface area contributed by atoms with E-state index in [-0.39, 0.29) is 0 Å². The molecule has 0 atom stereocenters. The Balaban J connectivity index is 1.92. The Morgan fingerprint density at radius 1 is 1.14 bits per heavy atom. The Morgan fingerprint density at radius 2 is 2.00 bits per heavy atom. The van der Waals surface area contributed by atoms with Crippen molar-refractivity contribution in [1.29, 1.82) is 0 Å². The van der Waals surface area contributed by atoms with Gasteiger partial charge in [0.1, 0.15) is 0 Å². The number of rotatable bonds is 5. The molecule has 0 fully saturated rings. The Bertz CT molecular complexity index is 736. The lowest BCUT2D eigenvalue weighted by Gasteiger charge is -2.06. The highest BCUT2D eigenvalue weighted by atomic mass is 15.3. The van der Waals surface area contributed by atoms with Gasteiger partial charge in [0, 0.05) is 29.3 Å². The van der Waals surface area contributed by atoms with Gasteiger partial charge in [-0.25, -0.2) is 0 Å². The number of hydrogen-bond acceptors (Lipinski definition) is 2. The zero-order valence-electron chi connectivity index (χ0n) is 12.7. The maximum atomic E-state index is 5.69. The van der Waals surface area contributed by atoms with Crippen molar-refractivity contribution in [3.8, 4) is 0 Å². The van der Waals surface area contributed by atoms with E-state index in [1.54, 1.807) is 0 Å². The van der Waals surface area contributed by atoms with Crippen molar-refractivity contribution in [3.05, 3.63) is 54.0 Å². The summed E-state index contributed by atoms with van der Waals surface area (Å²) in [6, 6.07) is 11.1. The molecule has 0 spiro atoms. The molecule has 0 saturated heterocycles. The number of fused-ring (bicyclic) bond motifs is 1. The largest absolute Gasteiger partial charge is 0.341 e. The van der Waals surface area contributed by atoms with E-state index in [1.165, 1.54) is 16.5 Å². The second-order valence-electron chi connectivity index (χ2n) is 5.71. The maximum Gasteiger partial charge on any atom is 0.0821 e. The quantitative estimate of drug-likeness (QED) is 0.782. The summed E-state index contributed by atoms with van der Waals surface area (Å²) in [5.41, 5.74) is 9.35. The Kier molecular flexibility index (Phi) is 3.80. The molecule has 0 aliphatic carbocycles. The second kappa shape index (κ2) is 5.74. The first kappa shape index (κ1) is 13.9. The van der Waals surface area contributed by atoms with Crippen LogP contribution in [-0.2, 0) is 13.0 Å². The van der Waals surface area contributed by atoms with E-state index in [4.69, 9.17) is 5.73 Å². The lowest BCUT2D eigenvalue weighted by molar-refractivity contribution is 0.524. The zero-order valence-corrected chi connectivity index (χ0v) is 12.7. The fourth-order valence-corrected chi connectivity index (χ4v) is 2.72. The molecule has 1 aromatic carbocycles.